The molecule has 7 nitrogen and oxygen atoms in total. The molecule has 0 radical (unpaired) electrons. The third kappa shape index (κ3) is 5.05. The topological polar surface area (TPSA) is 77.3 Å². The van der Waals surface area contributed by atoms with Crippen LogP contribution in [0.4, 0.5) is 0 Å². The van der Waals surface area contributed by atoms with Crippen molar-refractivity contribution in [2.45, 2.75) is 54.6 Å². The van der Waals surface area contributed by atoms with Crippen LogP contribution in [0.15, 0.2) is 47.0 Å². The maximum atomic E-state index is 13.2. The number of morpholine rings is 1. The van der Waals surface area contributed by atoms with Gasteiger partial charge in [0.15, 0.2) is 11.0 Å². The van der Waals surface area contributed by atoms with E-state index in [4.69, 9.17) is 4.74 Å². The van der Waals surface area contributed by atoms with Crippen molar-refractivity contribution in [3.63, 3.8) is 0 Å². The van der Waals surface area contributed by atoms with Crippen molar-refractivity contribution >= 4 is 21.8 Å². The van der Waals surface area contributed by atoms with E-state index in [1.807, 2.05) is 12.1 Å². The van der Waals surface area contributed by atoms with Crippen molar-refractivity contribution < 1.29 is 13.2 Å². The number of rotatable bonds is 7. The monoisotopic (exact) mass is 462 g/mol. The minimum Gasteiger partial charge on any atom is -0.379 e. The Hall–Kier alpha value is -1.68. The molecule has 1 saturated heterocycles. The molecule has 2 aliphatic rings. The predicted molar refractivity (Wildman–Crippen MR) is 123 cm³/mol. The zero-order valence-electron chi connectivity index (χ0n) is 17.8. The van der Waals surface area contributed by atoms with Crippen molar-refractivity contribution in [3.8, 4) is 11.4 Å². The summed E-state index contributed by atoms with van der Waals surface area (Å²) < 4.78 is 35.4. The van der Waals surface area contributed by atoms with Crippen LogP contribution in [0.1, 0.15) is 44.6 Å². The zero-order chi connectivity index (χ0) is 21.7. The second-order valence-electron chi connectivity index (χ2n) is 7.97. The van der Waals surface area contributed by atoms with E-state index < -0.39 is 10.0 Å². The van der Waals surface area contributed by atoms with E-state index in [0.29, 0.717) is 37.2 Å². The Morgan fingerprint density at radius 2 is 1.87 bits per heavy atom. The molecule has 1 saturated carbocycles. The van der Waals surface area contributed by atoms with Gasteiger partial charge in [0.2, 0.25) is 10.0 Å². The van der Waals surface area contributed by atoms with Crippen molar-refractivity contribution in [3.05, 3.63) is 36.9 Å². The van der Waals surface area contributed by atoms with Gasteiger partial charge < -0.3 is 4.74 Å². The molecule has 0 bridgehead atoms. The summed E-state index contributed by atoms with van der Waals surface area (Å²) in [5.74, 6) is 1.51. The number of hydrogen-bond donors (Lipinski definition) is 0. The summed E-state index contributed by atoms with van der Waals surface area (Å²) in [6, 6.07) is 7.46. The predicted octanol–water partition coefficient (Wildman–Crippen LogP) is 4.14. The van der Waals surface area contributed by atoms with Crippen LogP contribution < -0.4 is 0 Å². The lowest BCUT2D eigenvalue weighted by molar-refractivity contribution is 0.0730. The molecule has 2 heterocycles. The van der Waals surface area contributed by atoms with Crippen molar-refractivity contribution in [2.75, 3.05) is 32.1 Å². The molecule has 0 atom stereocenters. The number of thioether (sulfide) groups is 1. The first kappa shape index (κ1) is 22.5. The van der Waals surface area contributed by atoms with E-state index in [9.17, 15) is 8.42 Å². The summed E-state index contributed by atoms with van der Waals surface area (Å²) in [4.78, 5) is 0.294. The van der Waals surface area contributed by atoms with Crippen LogP contribution in [0.5, 0.6) is 0 Å². The van der Waals surface area contributed by atoms with Crippen molar-refractivity contribution in [2.24, 2.45) is 0 Å². The molecule has 0 unspecified atom stereocenters. The van der Waals surface area contributed by atoms with Crippen LogP contribution in [0.3, 0.4) is 0 Å². The van der Waals surface area contributed by atoms with E-state index >= 15 is 0 Å². The maximum Gasteiger partial charge on any atom is 0.243 e. The normalized spacial score (nSPS) is 19.2. The van der Waals surface area contributed by atoms with Gasteiger partial charge in [-0.25, -0.2) is 8.42 Å². The van der Waals surface area contributed by atoms with Gasteiger partial charge in [0.1, 0.15) is 0 Å². The highest BCUT2D eigenvalue weighted by molar-refractivity contribution is 7.99. The van der Waals surface area contributed by atoms with Crippen LogP contribution in [0.25, 0.3) is 11.4 Å². The molecule has 168 valence electrons. The number of ether oxygens (including phenoxy) is 1. The van der Waals surface area contributed by atoms with Crippen LogP contribution in [0, 0.1) is 0 Å². The van der Waals surface area contributed by atoms with Gasteiger partial charge in [0, 0.05) is 30.4 Å². The molecule has 0 spiro atoms. The Kier molecular flexibility index (Phi) is 7.47. The molecule has 4 rings (SSSR count). The average Bonchev–Trinajstić information content (AvgIpc) is 3.04. The lowest BCUT2D eigenvalue weighted by atomic mass is 10.1. The Labute approximate surface area is 188 Å². The molecule has 1 aromatic carbocycles. The fourth-order valence-corrected chi connectivity index (χ4v) is 6.48. The van der Waals surface area contributed by atoms with Crippen LogP contribution in [-0.2, 0) is 14.8 Å². The number of benzene rings is 1. The maximum absolute atomic E-state index is 13.2. The molecule has 9 heteroatoms. The fourth-order valence-electron chi connectivity index (χ4n) is 4.28. The van der Waals surface area contributed by atoms with Gasteiger partial charge >= 0.3 is 0 Å². The molecule has 1 aromatic heterocycles. The minimum atomic E-state index is -3.57. The van der Waals surface area contributed by atoms with Crippen LogP contribution in [0.2, 0.25) is 0 Å². The molecular formula is C22H30N4O3S2. The summed E-state index contributed by atoms with van der Waals surface area (Å²) in [7, 11) is -3.57. The van der Waals surface area contributed by atoms with Gasteiger partial charge in [0.25, 0.3) is 0 Å². The van der Waals surface area contributed by atoms with Gasteiger partial charge in [-0.1, -0.05) is 55.7 Å². The van der Waals surface area contributed by atoms with Gasteiger partial charge in [-0.2, -0.15) is 4.31 Å². The third-order valence-corrected chi connectivity index (χ3v) is 8.72. The smallest absolute Gasteiger partial charge is 0.243 e. The van der Waals surface area contributed by atoms with E-state index in [2.05, 4.69) is 21.3 Å². The van der Waals surface area contributed by atoms with E-state index in [1.165, 1.54) is 30.0 Å². The Balaban J connectivity index is 1.71. The van der Waals surface area contributed by atoms with E-state index in [-0.39, 0.29) is 0 Å². The van der Waals surface area contributed by atoms with Gasteiger partial charge in [0.05, 0.1) is 18.1 Å². The average molecular weight is 463 g/mol. The van der Waals surface area contributed by atoms with E-state index in [1.54, 1.807) is 30.0 Å². The second kappa shape index (κ2) is 10.3. The highest BCUT2D eigenvalue weighted by Gasteiger charge is 2.28. The summed E-state index contributed by atoms with van der Waals surface area (Å²) in [6.45, 7) is 5.45. The SMILES string of the molecule is C=CCSc1nnc(-c2cccc(S(=O)(=O)N3CCOCC3)c2)n1C1CCCCCC1. The molecule has 2 fully saturated rings. The second-order valence-corrected chi connectivity index (χ2v) is 10.9. The fraction of sp³-hybridized carbons (Fsp3) is 0.545. The Bertz CT molecular complexity index is 992. The van der Waals surface area contributed by atoms with Crippen molar-refractivity contribution in [1.82, 2.24) is 19.1 Å². The Morgan fingerprint density at radius 1 is 1.13 bits per heavy atom. The quantitative estimate of drug-likeness (QED) is 0.350. The number of sulfonamides is 1. The minimum absolute atomic E-state index is 0.294. The van der Waals surface area contributed by atoms with Gasteiger partial charge in [-0.3, -0.25) is 4.57 Å². The standard InChI is InChI=1S/C22H30N4O3S2/c1-2-16-30-22-24-23-21(26(22)19-9-5-3-4-6-10-19)18-8-7-11-20(17-18)31(27,28)25-12-14-29-15-13-25/h2,7-8,11,17,19H,1,3-6,9-10,12-16H2. The first-order chi connectivity index (χ1) is 15.1. The number of nitrogens with zero attached hydrogens (tertiary/aromatic N) is 4. The third-order valence-electron chi connectivity index (χ3n) is 5.88. The number of hydrogen-bond acceptors (Lipinski definition) is 6. The molecular weight excluding hydrogens is 432 g/mol. The highest BCUT2D eigenvalue weighted by atomic mass is 32.2. The van der Waals surface area contributed by atoms with Crippen molar-refractivity contribution in [1.29, 1.82) is 0 Å². The molecule has 31 heavy (non-hydrogen) atoms. The lowest BCUT2D eigenvalue weighted by Crippen LogP contribution is -2.40. The summed E-state index contributed by atoms with van der Waals surface area (Å²) in [5, 5.41) is 9.86. The van der Waals surface area contributed by atoms with Crippen LogP contribution in [-0.4, -0.2) is 59.5 Å². The first-order valence-corrected chi connectivity index (χ1v) is 13.4. The van der Waals surface area contributed by atoms with Gasteiger partial charge in [-0.05, 0) is 25.0 Å². The Morgan fingerprint density at radius 3 is 2.58 bits per heavy atom. The molecule has 1 aliphatic carbocycles. The molecule has 0 N–H and O–H groups in total. The summed E-state index contributed by atoms with van der Waals surface area (Å²) in [6.07, 6.45) is 8.97. The number of aromatic nitrogens is 3. The highest BCUT2D eigenvalue weighted by Crippen LogP contribution is 2.35. The van der Waals surface area contributed by atoms with E-state index in [0.717, 1.165) is 35.1 Å². The van der Waals surface area contributed by atoms with Gasteiger partial charge in [-0.15, -0.1) is 16.8 Å². The lowest BCUT2D eigenvalue weighted by Gasteiger charge is -2.26. The summed E-state index contributed by atoms with van der Waals surface area (Å²) in [5.41, 5.74) is 0.788. The first-order valence-electron chi connectivity index (χ1n) is 11.0. The molecule has 2 aromatic rings. The largest absolute Gasteiger partial charge is 0.379 e. The zero-order valence-corrected chi connectivity index (χ0v) is 19.4. The summed E-state index contributed by atoms with van der Waals surface area (Å²) >= 11 is 1.63. The van der Waals surface area contributed by atoms with Crippen LogP contribution >= 0.6 is 11.8 Å². The molecule has 1 aliphatic heterocycles. The molecule has 0 amide bonds.